The summed E-state index contributed by atoms with van der Waals surface area (Å²) in [5, 5.41) is 7.79. The van der Waals surface area contributed by atoms with Gasteiger partial charge in [0, 0.05) is 22.6 Å². The Kier molecular flexibility index (Phi) is 5.94. The van der Waals surface area contributed by atoms with Crippen LogP contribution in [0.3, 0.4) is 0 Å². The van der Waals surface area contributed by atoms with Gasteiger partial charge in [0.05, 0.1) is 11.7 Å². The van der Waals surface area contributed by atoms with E-state index in [4.69, 9.17) is 4.74 Å². The van der Waals surface area contributed by atoms with Crippen LogP contribution in [0, 0.1) is 11.6 Å². The zero-order valence-electron chi connectivity index (χ0n) is 17.4. The van der Waals surface area contributed by atoms with Crippen molar-refractivity contribution in [2.24, 2.45) is 0 Å². The summed E-state index contributed by atoms with van der Waals surface area (Å²) in [5.41, 5.74) is 2.97. The van der Waals surface area contributed by atoms with Crippen molar-refractivity contribution in [2.45, 2.75) is 13.3 Å². The number of nitrogens with one attached hydrogen (secondary N) is 1. The topological polar surface area (TPSA) is 55.0 Å². The lowest BCUT2D eigenvalue weighted by Gasteiger charge is -2.19. The van der Waals surface area contributed by atoms with Crippen LogP contribution in [0.15, 0.2) is 79.5 Å². The highest BCUT2D eigenvalue weighted by Gasteiger charge is 2.22. The van der Waals surface area contributed by atoms with Crippen LogP contribution in [0.25, 0.3) is 22.0 Å². The summed E-state index contributed by atoms with van der Waals surface area (Å²) in [6.45, 7) is 5.27. The Balaban J connectivity index is 2.07. The number of rotatable bonds is 6. The quantitative estimate of drug-likeness (QED) is 0.169. The molecule has 1 heterocycles. The Labute approximate surface area is 183 Å². The fourth-order valence-corrected chi connectivity index (χ4v) is 3.77. The van der Waals surface area contributed by atoms with Crippen molar-refractivity contribution in [3.63, 3.8) is 0 Å². The van der Waals surface area contributed by atoms with Crippen LogP contribution in [0.1, 0.15) is 30.0 Å². The van der Waals surface area contributed by atoms with Crippen molar-refractivity contribution in [1.82, 2.24) is 10.2 Å². The highest BCUT2D eigenvalue weighted by atomic mass is 19.1. The number of para-hydroxylation sites is 1. The number of nitrogens with zero attached hydrogens (tertiary/aromatic N) is 1. The summed E-state index contributed by atoms with van der Waals surface area (Å²) in [5.74, 6) is -1.69. The number of esters is 1. The average molecular weight is 430 g/mol. The molecule has 0 bridgehead atoms. The molecule has 0 aliphatic rings. The van der Waals surface area contributed by atoms with Gasteiger partial charge in [0.2, 0.25) is 0 Å². The van der Waals surface area contributed by atoms with E-state index in [2.05, 4.69) is 16.8 Å². The van der Waals surface area contributed by atoms with Crippen LogP contribution < -0.4 is 4.74 Å². The maximum atomic E-state index is 14.9. The third kappa shape index (κ3) is 3.95. The number of carbonyl (C=O) groups is 1. The number of halogens is 2. The molecule has 4 rings (SSSR count). The van der Waals surface area contributed by atoms with Crippen molar-refractivity contribution in [3.05, 3.63) is 108 Å². The molecule has 0 aliphatic heterocycles. The molecule has 32 heavy (non-hydrogen) atoms. The third-order valence-corrected chi connectivity index (χ3v) is 5.18. The van der Waals surface area contributed by atoms with E-state index in [1.54, 1.807) is 30.5 Å². The van der Waals surface area contributed by atoms with Gasteiger partial charge in [-0.15, -0.1) is 0 Å². The number of H-pyrrole nitrogens is 1. The smallest absolute Gasteiger partial charge is 0.335 e. The Morgan fingerprint density at radius 1 is 1.09 bits per heavy atom. The second-order valence-electron chi connectivity index (χ2n) is 7.10. The molecule has 3 aromatic carbocycles. The van der Waals surface area contributed by atoms with E-state index in [-0.39, 0.29) is 11.3 Å². The summed E-state index contributed by atoms with van der Waals surface area (Å²) in [6, 6.07) is 16.3. The van der Waals surface area contributed by atoms with Crippen molar-refractivity contribution in [3.8, 4) is 5.75 Å². The van der Waals surface area contributed by atoms with E-state index in [9.17, 15) is 13.6 Å². The Morgan fingerprint density at radius 3 is 2.56 bits per heavy atom. The van der Waals surface area contributed by atoms with E-state index in [0.29, 0.717) is 28.7 Å². The van der Waals surface area contributed by atoms with Gasteiger partial charge in [-0.25, -0.2) is 13.6 Å². The van der Waals surface area contributed by atoms with Crippen LogP contribution in [0.4, 0.5) is 8.78 Å². The number of carbonyl (C=O) groups excluding carboxylic acids is 1. The monoisotopic (exact) mass is 430 g/mol. The normalized spacial score (nSPS) is 11.8. The van der Waals surface area contributed by atoms with Crippen molar-refractivity contribution in [1.29, 1.82) is 0 Å². The van der Waals surface area contributed by atoms with Gasteiger partial charge in [0.15, 0.2) is 0 Å². The van der Waals surface area contributed by atoms with Gasteiger partial charge in [0.25, 0.3) is 0 Å². The van der Waals surface area contributed by atoms with Gasteiger partial charge in [-0.1, -0.05) is 43.8 Å². The largest absolute Gasteiger partial charge is 0.423 e. The molecule has 0 saturated heterocycles. The minimum Gasteiger partial charge on any atom is -0.423 e. The molecule has 0 unspecified atom stereocenters. The highest BCUT2D eigenvalue weighted by Crippen LogP contribution is 2.40. The molecule has 1 N–H and O–H groups in total. The maximum Gasteiger partial charge on any atom is 0.335 e. The molecule has 0 fully saturated rings. The summed E-state index contributed by atoms with van der Waals surface area (Å²) in [4.78, 5) is 12.0. The van der Waals surface area contributed by atoms with Crippen LogP contribution in [0.5, 0.6) is 5.75 Å². The van der Waals surface area contributed by atoms with E-state index < -0.39 is 17.6 Å². The third-order valence-electron chi connectivity index (χ3n) is 5.18. The lowest BCUT2D eigenvalue weighted by molar-refractivity contribution is -0.128. The van der Waals surface area contributed by atoms with Crippen LogP contribution >= 0.6 is 0 Å². The van der Waals surface area contributed by atoms with Gasteiger partial charge in [0.1, 0.15) is 17.4 Å². The van der Waals surface area contributed by atoms with Gasteiger partial charge < -0.3 is 4.74 Å². The first-order valence-corrected chi connectivity index (χ1v) is 10.1. The number of ether oxygens (including phenoxy) is 1. The molecule has 0 spiro atoms. The van der Waals surface area contributed by atoms with E-state index in [1.165, 1.54) is 18.2 Å². The Bertz CT molecular complexity index is 1330. The molecule has 4 nitrogen and oxygen atoms in total. The Hall–Kier alpha value is -4.06. The first kappa shape index (κ1) is 21.2. The number of fused-ring (bicyclic) bond motifs is 1. The first-order valence-electron chi connectivity index (χ1n) is 10.1. The van der Waals surface area contributed by atoms with Crippen molar-refractivity contribution >= 4 is 28.0 Å². The maximum absolute atomic E-state index is 14.9. The fourth-order valence-electron chi connectivity index (χ4n) is 3.77. The highest BCUT2D eigenvalue weighted by molar-refractivity contribution is 6.02. The zero-order valence-corrected chi connectivity index (χ0v) is 17.4. The number of allylic oxidation sites excluding steroid dienone is 1. The minimum absolute atomic E-state index is 0.109. The number of hydrogen-bond donors (Lipinski definition) is 1. The fraction of sp³-hybridized carbons (Fsp3) is 0.0769. The molecular formula is C26H20F2N2O2. The van der Waals surface area contributed by atoms with Gasteiger partial charge in [-0.3, -0.25) is 5.10 Å². The lowest BCUT2D eigenvalue weighted by Crippen LogP contribution is -2.07. The van der Waals surface area contributed by atoms with E-state index in [0.717, 1.165) is 17.0 Å². The minimum atomic E-state index is -0.663. The van der Waals surface area contributed by atoms with Crippen LogP contribution in [0.2, 0.25) is 0 Å². The Morgan fingerprint density at radius 2 is 1.84 bits per heavy atom. The molecular weight excluding hydrogens is 410 g/mol. The standard InChI is InChI=1S/C26H20F2N2O2/c1-3-18(26-20(27)9-7-10-21(26)28)25(16-12-13-22-17(14-16)15-29-30-22)19-8-5-6-11-23(19)32-24(31)4-2/h4-15H,2-3H2,1H3,(H,29,30)/b25-18+. The SMILES string of the molecule is C=CC(=O)Oc1ccccc1/C(=C(\CC)c1c(F)cccc1F)c1ccc2[nH]ncc2c1. The van der Waals surface area contributed by atoms with E-state index in [1.807, 2.05) is 25.1 Å². The van der Waals surface area contributed by atoms with Crippen molar-refractivity contribution < 1.29 is 18.3 Å². The van der Waals surface area contributed by atoms with Crippen molar-refractivity contribution in [2.75, 3.05) is 0 Å². The summed E-state index contributed by atoms with van der Waals surface area (Å²) >= 11 is 0. The number of benzene rings is 3. The molecule has 0 aliphatic carbocycles. The summed E-state index contributed by atoms with van der Waals surface area (Å²) < 4.78 is 35.2. The van der Waals surface area contributed by atoms with Crippen LogP contribution in [-0.2, 0) is 4.79 Å². The molecule has 6 heteroatoms. The number of aromatic amines is 1. The molecule has 0 atom stereocenters. The van der Waals surface area contributed by atoms with Gasteiger partial charge >= 0.3 is 5.97 Å². The van der Waals surface area contributed by atoms with Crippen LogP contribution in [-0.4, -0.2) is 16.2 Å². The van der Waals surface area contributed by atoms with Gasteiger partial charge in [-0.2, -0.15) is 5.10 Å². The average Bonchev–Trinajstić information content (AvgIpc) is 3.27. The summed E-state index contributed by atoms with van der Waals surface area (Å²) in [7, 11) is 0. The van der Waals surface area contributed by atoms with Gasteiger partial charge in [-0.05, 0) is 53.5 Å². The molecule has 0 radical (unpaired) electrons. The predicted molar refractivity (Wildman–Crippen MR) is 121 cm³/mol. The van der Waals surface area contributed by atoms with E-state index >= 15 is 0 Å². The summed E-state index contributed by atoms with van der Waals surface area (Å²) in [6.07, 6.45) is 3.07. The molecule has 0 amide bonds. The molecule has 4 aromatic rings. The molecule has 0 saturated carbocycles. The first-order chi connectivity index (χ1) is 15.5. The lowest BCUT2D eigenvalue weighted by atomic mass is 9.87. The molecule has 160 valence electrons. The predicted octanol–water partition coefficient (Wildman–Crippen LogP) is 6.30. The second-order valence-corrected chi connectivity index (χ2v) is 7.10. The zero-order chi connectivity index (χ0) is 22.7. The number of hydrogen-bond acceptors (Lipinski definition) is 3. The number of aromatic nitrogens is 2. The second kappa shape index (κ2) is 8.98. The molecule has 1 aromatic heterocycles.